The summed E-state index contributed by atoms with van der Waals surface area (Å²) in [6.45, 7) is 5.55. The Morgan fingerprint density at radius 2 is 1.95 bits per heavy atom. The fourth-order valence-corrected chi connectivity index (χ4v) is 5.75. The molecule has 0 radical (unpaired) electrons. The van der Waals surface area contributed by atoms with Crippen LogP contribution < -0.4 is 4.72 Å². The summed E-state index contributed by atoms with van der Waals surface area (Å²) in [5.74, 6) is 1.34. The SMILES string of the molecule is CC1CCCN(S(=O)(=O)NC2(CCl)CCCC(C)C2)C1. The van der Waals surface area contributed by atoms with Gasteiger partial charge in [-0.05, 0) is 37.5 Å². The first-order valence-electron chi connectivity index (χ1n) is 7.72. The molecule has 1 heterocycles. The molecule has 2 rings (SSSR count). The van der Waals surface area contributed by atoms with Gasteiger partial charge in [0.15, 0.2) is 0 Å². The molecule has 3 atom stereocenters. The Morgan fingerprint density at radius 3 is 2.55 bits per heavy atom. The monoisotopic (exact) mass is 322 g/mol. The van der Waals surface area contributed by atoms with Gasteiger partial charge in [-0.2, -0.15) is 17.4 Å². The van der Waals surface area contributed by atoms with E-state index in [9.17, 15) is 8.42 Å². The molecule has 118 valence electrons. The smallest absolute Gasteiger partial charge is 0.195 e. The molecule has 2 fully saturated rings. The van der Waals surface area contributed by atoms with Crippen LogP contribution in [0.15, 0.2) is 0 Å². The molecule has 0 amide bonds. The van der Waals surface area contributed by atoms with Crippen LogP contribution in [-0.4, -0.2) is 37.2 Å². The van der Waals surface area contributed by atoms with Gasteiger partial charge >= 0.3 is 0 Å². The molecule has 1 saturated heterocycles. The highest BCUT2D eigenvalue weighted by Crippen LogP contribution is 2.34. The third-order valence-electron chi connectivity index (χ3n) is 4.65. The number of piperidine rings is 1. The second-order valence-electron chi connectivity index (χ2n) is 6.83. The maximum Gasteiger partial charge on any atom is 0.280 e. The highest BCUT2D eigenvalue weighted by atomic mass is 35.5. The molecule has 0 bridgehead atoms. The van der Waals surface area contributed by atoms with E-state index >= 15 is 0 Å². The molecule has 20 heavy (non-hydrogen) atoms. The zero-order valence-electron chi connectivity index (χ0n) is 12.6. The van der Waals surface area contributed by atoms with Gasteiger partial charge in [-0.3, -0.25) is 0 Å². The van der Waals surface area contributed by atoms with Crippen molar-refractivity contribution in [2.24, 2.45) is 11.8 Å². The van der Waals surface area contributed by atoms with Gasteiger partial charge in [-0.1, -0.05) is 26.7 Å². The van der Waals surface area contributed by atoms with Crippen LogP contribution in [0, 0.1) is 11.8 Å². The number of halogens is 1. The van der Waals surface area contributed by atoms with Crippen LogP contribution in [0.1, 0.15) is 52.4 Å². The van der Waals surface area contributed by atoms with Gasteiger partial charge in [0.05, 0.1) is 0 Å². The lowest BCUT2D eigenvalue weighted by atomic mass is 9.78. The lowest BCUT2D eigenvalue weighted by Crippen LogP contribution is -2.57. The number of rotatable bonds is 4. The van der Waals surface area contributed by atoms with E-state index in [2.05, 4.69) is 18.6 Å². The first-order valence-corrected chi connectivity index (χ1v) is 9.69. The second-order valence-corrected chi connectivity index (χ2v) is 8.77. The Bertz CT molecular complexity index is 429. The van der Waals surface area contributed by atoms with Crippen LogP contribution in [0.5, 0.6) is 0 Å². The fourth-order valence-electron chi connectivity index (χ4n) is 3.60. The van der Waals surface area contributed by atoms with Gasteiger partial charge in [-0.25, -0.2) is 0 Å². The molecular formula is C14H27ClN2O2S. The molecule has 1 saturated carbocycles. The summed E-state index contributed by atoms with van der Waals surface area (Å²) < 4.78 is 29.8. The molecule has 4 nitrogen and oxygen atoms in total. The van der Waals surface area contributed by atoms with E-state index in [1.54, 1.807) is 4.31 Å². The lowest BCUT2D eigenvalue weighted by molar-refractivity contribution is 0.225. The Balaban J connectivity index is 2.09. The minimum atomic E-state index is -3.41. The second kappa shape index (κ2) is 6.51. The van der Waals surface area contributed by atoms with E-state index in [1.807, 2.05) is 0 Å². The van der Waals surface area contributed by atoms with Crippen molar-refractivity contribution in [3.05, 3.63) is 0 Å². The maximum atomic E-state index is 12.6. The Labute approximate surface area is 128 Å². The zero-order valence-corrected chi connectivity index (χ0v) is 14.1. The molecule has 1 aliphatic heterocycles. The number of nitrogens with one attached hydrogen (secondary N) is 1. The summed E-state index contributed by atoms with van der Waals surface area (Å²) >= 11 is 6.13. The zero-order chi connectivity index (χ0) is 14.8. The average molecular weight is 323 g/mol. The van der Waals surface area contributed by atoms with Gasteiger partial charge in [0.25, 0.3) is 10.2 Å². The summed E-state index contributed by atoms with van der Waals surface area (Å²) in [5.41, 5.74) is -0.446. The maximum absolute atomic E-state index is 12.6. The third-order valence-corrected chi connectivity index (χ3v) is 6.87. The summed E-state index contributed by atoms with van der Waals surface area (Å²) in [6.07, 6.45) is 5.98. The molecule has 2 aliphatic rings. The summed E-state index contributed by atoms with van der Waals surface area (Å²) in [4.78, 5) is 0. The van der Waals surface area contributed by atoms with Crippen molar-refractivity contribution in [1.82, 2.24) is 9.03 Å². The normalized spacial score (nSPS) is 37.0. The quantitative estimate of drug-likeness (QED) is 0.809. The first kappa shape index (κ1) is 16.5. The first-order chi connectivity index (χ1) is 9.37. The molecule has 6 heteroatoms. The van der Waals surface area contributed by atoms with E-state index in [-0.39, 0.29) is 0 Å². The summed E-state index contributed by atoms with van der Waals surface area (Å²) in [7, 11) is -3.41. The van der Waals surface area contributed by atoms with Crippen molar-refractivity contribution in [1.29, 1.82) is 0 Å². The van der Waals surface area contributed by atoms with Gasteiger partial charge in [0, 0.05) is 24.5 Å². The van der Waals surface area contributed by atoms with Crippen LogP contribution in [0.3, 0.4) is 0 Å². The molecule has 0 aromatic carbocycles. The number of hydrogen-bond donors (Lipinski definition) is 1. The molecule has 3 unspecified atom stereocenters. The molecule has 0 spiro atoms. The Hall–Kier alpha value is 0.160. The van der Waals surface area contributed by atoms with Crippen LogP contribution in [0.25, 0.3) is 0 Å². The van der Waals surface area contributed by atoms with Crippen molar-refractivity contribution in [2.75, 3.05) is 19.0 Å². The molecule has 1 aliphatic carbocycles. The van der Waals surface area contributed by atoms with Crippen molar-refractivity contribution in [3.63, 3.8) is 0 Å². The number of alkyl halides is 1. The van der Waals surface area contributed by atoms with E-state index in [4.69, 9.17) is 11.6 Å². The van der Waals surface area contributed by atoms with Crippen molar-refractivity contribution >= 4 is 21.8 Å². The van der Waals surface area contributed by atoms with E-state index < -0.39 is 15.7 Å². The number of nitrogens with zero attached hydrogens (tertiary/aromatic N) is 1. The van der Waals surface area contributed by atoms with Crippen molar-refractivity contribution in [2.45, 2.75) is 57.9 Å². The Kier molecular flexibility index (Phi) is 5.38. The van der Waals surface area contributed by atoms with Crippen LogP contribution >= 0.6 is 11.6 Å². The van der Waals surface area contributed by atoms with Gasteiger partial charge in [-0.15, -0.1) is 11.6 Å². The number of hydrogen-bond acceptors (Lipinski definition) is 2. The summed E-state index contributed by atoms with van der Waals surface area (Å²) in [5, 5.41) is 0. The minimum Gasteiger partial charge on any atom is -0.195 e. The lowest BCUT2D eigenvalue weighted by Gasteiger charge is -2.41. The van der Waals surface area contributed by atoms with E-state index in [0.29, 0.717) is 30.8 Å². The molecule has 1 N–H and O–H groups in total. The topological polar surface area (TPSA) is 49.4 Å². The van der Waals surface area contributed by atoms with Crippen LogP contribution in [0.4, 0.5) is 0 Å². The highest BCUT2D eigenvalue weighted by molar-refractivity contribution is 7.87. The van der Waals surface area contributed by atoms with Crippen molar-refractivity contribution < 1.29 is 8.42 Å². The molecule has 0 aromatic heterocycles. The molecule has 0 aromatic rings. The fraction of sp³-hybridized carbons (Fsp3) is 1.00. The van der Waals surface area contributed by atoms with E-state index in [0.717, 1.165) is 32.1 Å². The summed E-state index contributed by atoms with van der Waals surface area (Å²) in [6, 6.07) is 0. The van der Waals surface area contributed by atoms with Crippen molar-refractivity contribution in [3.8, 4) is 0 Å². The largest absolute Gasteiger partial charge is 0.280 e. The Morgan fingerprint density at radius 1 is 1.25 bits per heavy atom. The highest BCUT2D eigenvalue weighted by Gasteiger charge is 2.40. The predicted molar refractivity (Wildman–Crippen MR) is 83.1 cm³/mol. The minimum absolute atomic E-state index is 0.361. The van der Waals surface area contributed by atoms with Crippen LogP contribution in [-0.2, 0) is 10.2 Å². The molecular weight excluding hydrogens is 296 g/mol. The van der Waals surface area contributed by atoms with Gasteiger partial charge in [0.1, 0.15) is 0 Å². The van der Waals surface area contributed by atoms with Gasteiger partial charge < -0.3 is 0 Å². The third kappa shape index (κ3) is 3.87. The standard InChI is InChI=1S/C14H27ClN2O2S/c1-12-5-3-7-14(9-12,11-15)16-20(18,19)17-8-4-6-13(2)10-17/h12-13,16H,3-11H2,1-2H3. The van der Waals surface area contributed by atoms with Crippen LogP contribution in [0.2, 0.25) is 0 Å². The predicted octanol–water partition coefficient (Wildman–Crippen LogP) is 2.74. The average Bonchev–Trinajstić information content (AvgIpc) is 2.38. The van der Waals surface area contributed by atoms with E-state index in [1.165, 1.54) is 6.42 Å². The van der Waals surface area contributed by atoms with Gasteiger partial charge in [0.2, 0.25) is 0 Å².